The molecular weight excluding hydrogens is 1070 g/mol. The molecule has 0 aliphatic carbocycles. The molecule has 452 valence electrons. The van der Waals surface area contributed by atoms with Gasteiger partial charge in [0.2, 0.25) is 0 Å². The van der Waals surface area contributed by atoms with E-state index in [2.05, 4.69) is 287 Å². The molecular formula is C82H92N4O2. The number of furan rings is 1. The molecule has 4 heterocycles. The third-order valence-corrected chi connectivity index (χ3v) is 18.0. The predicted molar refractivity (Wildman–Crippen MR) is 376 cm³/mol. The summed E-state index contributed by atoms with van der Waals surface area (Å²) in [6, 6.07) is 44.3. The number of hydrogen-bond acceptors (Lipinski definition) is 5. The molecule has 0 N–H and O–H groups in total. The lowest BCUT2D eigenvalue weighted by molar-refractivity contribution is 0.479. The number of rotatable bonds is 7. The fourth-order valence-corrected chi connectivity index (χ4v) is 12.6. The van der Waals surface area contributed by atoms with Crippen LogP contribution in [-0.2, 0) is 37.9 Å². The first-order chi connectivity index (χ1) is 43.1. The number of hydrogen-bond donors (Lipinski definition) is 0. The topological polar surface area (TPSA) is 46.7 Å². The van der Waals surface area contributed by atoms with Crippen LogP contribution in [0.2, 0.25) is 0 Å². The lowest BCUT2D eigenvalue weighted by Crippen LogP contribution is -2.26. The molecule has 0 unspecified atom stereocenters. The summed E-state index contributed by atoms with van der Waals surface area (Å²) in [4.78, 5) is 9.71. The molecule has 0 radical (unpaired) electrons. The van der Waals surface area contributed by atoms with Crippen LogP contribution in [0.15, 0.2) is 168 Å². The maximum absolute atomic E-state index is 9.63. The van der Waals surface area contributed by atoms with Crippen molar-refractivity contribution in [1.29, 1.82) is 0 Å². The van der Waals surface area contributed by atoms with E-state index in [1.54, 1.807) is 0 Å². The molecule has 0 amide bonds. The van der Waals surface area contributed by atoms with Crippen LogP contribution in [0, 0.1) is 0 Å². The molecule has 3 aromatic heterocycles. The minimum Gasteiger partial charge on any atom is -0.457 e. The second kappa shape index (κ2) is 20.8. The maximum atomic E-state index is 9.63. The number of fused-ring (bicyclic) bond motifs is 8. The smallest absolute Gasteiger partial charge is 0.145 e. The van der Waals surface area contributed by atoms with E-state index in [1.165, 1.54) is 27.8 Å². The molecule has 0 bridgehead atoms. The van der Waals surface area contributed by atoms with Gasteiger partial charge in [-0.1, -0.05) is 212 Å². The molecule has 88 heavy (non-hydrogen) atoms. The second-order valence-corrected chi connectivity index (χ2v) is 32.0. The van der Waals surface area contributed by atoms with Crippen LogP contribution < -0.4 is 14.5 Å². The fourth-order valence-electron chi connectivity index (χ4n) is 12.6. The third kappa shape index (κ3) is 11.0. The van der Waals surface area contributed by atoms with Gasteiger partial charge in [-0.3, -0.25) is 4.57 Å². The SMILES string of the molecule is [2H]c1c([2H])c([2H])c(-c2cc(C(C)(C)C)cc(-c3cc(C(C)(C)C)cc(C(C)(C)C)c3)c2N2CN(c3cc(Oc4ccc5c6c7oc8cc(C(C)(C)C)cc(C(C)(C)C)c8c7ccc6n(-c6cc(C(C)(C)C)ccn6)c5c4)cc(C(C)(C)C)c3)c3ccccc32)c([2H])c1[2H]. The highest BCUT2D eigenvalue weighted by Crippen LogP contribution is 2.54. The highest BCUT2D eigenvalue weighted by Gasteiger charge is 2.35. The summed E-state index contributed by atoms with van der Waals surface area (Å²) in [6.07, 6.45) is 1.92. The maximum Gasteiger partial charge on any atom is 0.145 e. The van der Waals surface area contributed by atoms with E-state index in [9.17, 15) is 2.74 Å². The molecule has 0 atom stereocenters. The first kappa shape index (κ1) is 54.1. The van der Waals surface area contributed by atoms with Crippen LogP contribution in [-0.4, -0.2) is 16.2 Å². The molecule has 11 aromatic rings. The lowest BCUT2D eigenvalue weighted by atomic mass is 9.77. The van der Waals surface area contributed by atoms with Gasteiger partial charge in [0.25, 0.3) is 0 Å². The molecule has 8 aromatic carbocycles. The molecule has 0 saturated heterocycles. The van der Waals surface area contributed by atoms with Gasteiger partial charge >= 0.3 is 0 Å². The Balaban J connectivity index is 1.06. The van der Waals surface area contributed by atoms with Crippen LogP contribution in [0.3, 0.4) is 0 Å². The van der Waals surface area contributed by atoms with Crippen molar-refractivity contribution in [2.24, 2.45) is 0 Å². The lowest BCUT2D eigenvalue weighted by Gasteiger charge is -2.32. The number of nitrogens with zero attached hydrogens (tertiary/aromatic N) is 4. The molecule has 0 spiro atoms. The quantitative estimate of drug-likeness (QED) is 0.159. The van der Waals surface area contributed by atoms with Crippen LogP contribution >= 0.6 is 0 Å². The van der Waals surface area contributed by atoms with Gasteiger partial charge in [0.1, 0.15) is 35.2 Å². The number of anilines is 4. The zero-order valence-corrected chi connectivity index (χ0v) is 56.0. The predicted octanol–water partition coefficient (Wildman–Crippen LogP) is 23.5. The summed E-state index contributed by atoms with van der Waals surface area (Å²) >= 11 is 0. The summed E-state index contributed by atoms with van der Waals surface area (Å²) in [5.41, 5.74) is 16.4. The molecule has 6 nitrogen and oxygen atoms in total. The van der Waals surface area contributed by atoms with Crippen LogP contribution in [0.5, 0.6) is 11.5 Å². The molecule has 1 aliphatic heterocycles. The normalized spacial score (nSPS) is 14.7. The first-order valence-electron chi connectivity index (χ1n) is 33.9. The summed E-state index contributed by atoms with van der Waals surface area (Å²) in [7, 11) is 0. The Hall–Kier alpha value is -8.09. The Morgan fingerprint density at radius 2 is 1.00 bits per heavy atom. The van der Waals surface area contributed by atoms with E-state index in [4.69, 9.17) is 18.3 Å². The van der Waals surface area contributed by atoms with Crippen molar-refractivity contribution >= 4 is 66.5 Å². The highest BCUT2D eigenvalue weighted by atomic mass is 16.5. The molecule has 0 saturated carbocycles. The van der Waals surface area contributed by atoms with Gasteiger partial charge in [-0.05, 0) is 167 Å². The van der Waals surface area contributed by atoms with Gasteiger partial charge in [0, 0.05) is 51.3 Å². The minimum absolute atomic E-state index is 0.0883. The first-order valence-corrected chi connectivity index (χ1v) is 31.4. The molecule has 6 heteroatoms. The van der Waals surface area contributed by atoms with E-state index < -0.39 is 11.5 Å². The van der Waals surface area contributed by atoms with Crippen LogP contribution in [0.1, 0.15) is 191 Å². The van der Waals surface area contributed by atoms with Crippen molar-refractivity contribution in [1.82, 2.24) is 9.55 Å². The van der Waals surface area contributed by atoms with Gasteiger partial charge in [0.05, 0.1) is 40.3 Å². The number of pyridine rings is 1. The van der Waals surface area contributed by atoms with E-state index in [-0.39, 0.29) is 62.2 Å². The third-order valence-electron chi connectivity index (χ3n) is 18.0. The number of ether oxygens (including phenoxy) is 1. The summed E-state index contributed by atoms with van der Waals surface area (Å²) in [5.74, 6) is 2.12. The Morgan fingerprint density at radius 3 is 1.60 bits per heavy atom. The van der Waals surface area contributed by atoms with Gasteiger partial charge in [-0.25, -0.2) is 4.98 Å². The van der Waals surface area contributed by atoms with Gasteiger partial charge in [0.15, 0.2) is 0 Å². The fraction of sp³-hybridized carbons (Fsp3) is 0.354. The summed E-state index contributed by atoms with van der Waals surface area (Å²) in [6.45, 7) is 47.3. The Morgan fingerprint density at radius 1 is 0.443 bits per heavy atom. The van der Waals surface area contributed by atoms with E-state index in [0.29, 0.717) is 23.7 Å². The molecule has 0 fully saturated rings. The van der Waals surface area contributed by atoms with E-state index in [1.807, 2.05) is 6.20 Å². The molecule has 1 aliphatic rings. The van der Waals surface area contributed by atoms with Crippen molar-refractivity contribution in [3.63, 3.8) is 0 Å². The number of para-hydroxylation sites is 2. The van der Waals surface area contributed by atoms with Crippen LogP contribution in [0.25, 0.3) is 71.8 Å². The van der Waals surface area contributed by atoms with Gasteiger partial charge < -0.3 is 19.0 Å². The van der Waals surface area contributed by atoms with Crippen LogP contribution in [0.4, 0.5) is 22.7 Å². The Bertz CT molecular complexity index is 4800. The monoisotopic (exact) mass is 1170 g/mol. The zero-order chi connectivity index (χ0) is 67.5. The number of benzene rings is 8. The van der Waals surface area contributed by atoms with Gasteiger partial charge in [-0.15, -0.1) is 0 Å². The Kier molecular flexibility index (Phi) is 12.8. The highest BCUT2D eigenvalue weighted by molar-refractivity contribution is 6.24. The summed E-state index contributed by atoms with van der Waals surface area (Å²) in [5, 5.41) is 4.27. The summed E-state index contributed by atoms with van der Waals surface area (Å²) < 4.78 is 62.9. The molecule has 12 rings (SSSR count). The average Bonchev–Trinajstić information content (AvgIpc) is 1.60. The largest absolute Gasteiger partial charge is 0.457 e. The van der Waals surface area contributed by atoms with Crippen molar-refractivity contribution in [3.8, 4) is 39.6 Å². The average molecular weight is 1170 g/mol. The second-order valence-electron chi connectivity index (χ2n) is 32.0. The van der Waals surface area contributed by atoms with E-state index >= 15 is 0 Å². The van der Waals surface area contributed by atoms with Crippen molar-refractivity contribution in [2.75, 3.05) is 16.5 Å². The van der Waals surface area contributed by atoms with Crippen molar-refractivity contribution in [2.45, 2.75) is 183 Å². The van der Waals surface area contributed by atoms with E-state index in [0.717, 1.165) is 94.6 Å². The van der Waals surface area contributed by atoms with Gasteiger partial charge in [-0.2, -0.15) is 0 Å². The zero-order valence-electron chi connectivity index (χ0n) is 61.0. The minimum atomic E-state index is -0.427. The number of aromatic nitrogens is 2. The standard InChI is InChI=1S/C82H92N4O2/c1-76(2,3)52-35-36-83-71(46-52)86-68-34-33-62-72-65(82(19,20)21)44-57(81(16,17)18)45-70(72)88-75(62)73(68)61-32-31-59(48-69(61)86)87-60-41-55(79(10,11)12)40-58(47-60)84-49-85(67-30-26-25-29-66(67)84)74-63(50-27-23-22-24-28-50)42-56(80(13,14)15)43-64(74)51-37-53(77(4,5)6)39-54(38-51)78(7,8)9/h22-48H,49H2,1-21H3/i22D,23D,24D,27D,28D. The Labute approximate surface area is 531 Å². The van der Waals surface area contributed by atoms with Crippen molar-refractivity contribution < 1.29 is 16.0 Å². The van der Waals surface area contributed by atoms with Crippen molar-refractivity contribution in [3.05, 3.63) is 203 Å².